The molecule has 1 atom stereocenters. The summed E-state index contributed by atoms with van der Waals surface area (Å²) in [5, 5.41) is 10.4. The molecule has 1 N–H and O–H groups in total. The summed E-state index contributed by atoms with van der Waals surface area (Å²) < 4.78 is 16.8. The van der Waals surface area contributed by atoms with Crippen LogP contribution in [0.25, 0.3) is 0 Å². The molecule has 3 rings (SSSR count). The SMILES string of the molecule is COc1ccc(CN(C)Cc2ccco2)cc1OC[C@@H](O)CN1CCN(C)CC1. The van der Waals surface area contributed by atoms with E-state index in [4.69, 9.17) is 13.9 Å². The number of aliphatic hydroxyl groups excluding tert-OH is 1. The first-order valence-electron chi connectivity index (χ1n) is 10.1. The molecule has 29 heavy (non-hydrogen) atoms. The number of ether oxygens (including phenoxy) is 2. The number of piperazine rings is 1. The van der Waals surface area contributed by atoms with Crippen molar-refractivity contribution < 1.29 is 19.0 Å². The predicted molar refractivity (Wildman–Crippen MR) is 112 cm³/mol. The summed E-state index contributed by atoms with van der Waals surface area (Å²) in [6.07, 6.45) is 1.16. The Hall–Kier alpha value is -2.06. The summed E-state index contributed by atoms with van der Waals surface area (Å²) in [4.78, 5) is 6.76. The van der Waals surface area contributed by atoms with Gasteiger partial charge in [-0.2, -0.15) is 0 Å². The van der Waals surface area contributed by atoms with Gasteiger partial charge in [0, 0.05) is 39.3 Å². The molecule has 1 aromatic carbocycles. The van der Waals surface area contributed by atoms with Gasteiger partial charge in [-0.15, -0.1) is 0 Å². The molecule has 0 unspecified atom stereocenters. The van der Waals surface area contributed by atoms with Gasteiger partial charge in [-0.25, -0.2) is 0 Å². The minimum Gasteiger partial charge on any atom is -0.493 e. The van der Waals surface area contributed by atoms with E-state index in [1.807, 2.05) is 37.4 Å². The largest absolute Gasteiger partial charge is 0.493 e. The van der Waals surface area contributed by atoms with Gasteiger partial charge in [0.1, 0.15) is 18.5 Å². The first kappa shape index (κ1) is 21.6. The van der Waals surface area contributed by atoms with Crippen molar-refractivity contribution in [3.8, 4) is 11.5 Å². The molecule has 1 aromatic heterocycles. The molecule has 1 saturated heterocycles. The van der Waals surface area contributed by atoms with E-state index >= 15 is 0 Å². The maximum Gasteiger partial charge on any atom is 0.161 e. The summed E-state index contributed by atoms with van der Waals surface area (Å²) in [6, 6.07) is 9.81. The maximum absolute atomic E-state index is 10.4. The minimum absolute atomic E-state index is 0.244. The van der Waals surface area contributed by atoms with Crippen LogP contribution in [-0.2, 0) is 13.1 Å². The topological polar surface area (TPSA) is 61.6 Å². The molecule has 7 nitrogen and oxygen atoms in total. The van der Waals surface area contributed by atoms with E-state index in [2.05, 4.69) is 21.7 Å². The highest BCUT2D eigenvalue weighted by Gasteiger charge is 2.18. The van der Waals surface area contributed by atoms with Crippen molar-refractivity contribution in [1.29, 1.82) is 0 Å². The van der Waals surface area contributed by atoms with Crippen LogP contribution >= 0.6 is 0 Å². The van der Waals surface area contributed by atoms with E-state index < -0.39 is 6.10 Å². The van der Waals surface area contributed by atoms with Crippen LogP contribution in [0.1, 0.15) is 11.3 Å². The standard InChI is InChI=1S/C22H33N3O4/c1-23-8-10-25(11-9-23)15-19(26)17-29-22-13-18(6-7-21(22)27-3)14-24(2)16-20-5-4-12-28-20/h4-7,12-13,19,26H,8-11,14-17H2,1-3H3/t19-/m0/s1. The average molecular weight is 404 g/mol. The zero-order valence-corrected chi connectivity index (χ0v) is 17.7. The summed E-state index contributed by atoms with van der Waals surface area (Å²) in [7, 11) is 5.81. The molecule has 0 saturated carbocycles. The molecule has 0 aliphatic carbocycles. The van der Waals surface area contributed by atoms with Crippen LogP contribution in [0.3, 0.4) is 0 Å². The normalized spacial score (nSPS) is 16.9. The van der Waals surface area contributed by atoms with E-state index in [0.717, 1.165) is 50.6 Å². The Bertz CT molecular complexity index is 730. The van der Waals surface area contributed by atoms with Gasteiger partial charge in [0.25, 0.3) is 0 Å². The van der Waals surface area contributed by atoms with Crippen LogP contribution in [0.15, 0.2) is 41.0 Å². The van der Waals surface area contributed by atoms with Crippen LogP contribution in [0, 0.1) is 0 Å². The van der Waals surface area contributed by atoms with Gasteiger partial charge in [-0.1, -0.05) is 6.07 Å². The number of aliphatic hydroxyl groups is 1. The van der Waals surface area contributed by atoms with Crippen molar-refractivity contribution in [3.05, 3.63) is 47.9 Å². The number of methoxy groups -OCH3 is 1. The third-order valence-corrected chi connectivity index (χ3v) is 5.18. The number of likely N-dealkylation sites (N-methyl/N-ethyl adjacent to an activating group) is 1. The molecule has 1 fully saturated rings. The van der Waals surface area contributed by atoms with Gasteiger partial charge in [0.15, 0.2) is 11.5 Å². The third-order valence-electron chi connectivity index (χ3n) is 5.18. The number of benzene rings is 1. The lowest BCUT2D eigenvalue weighted by Gasteiger charge is -2.33. The zero-order valence-electron chi connectivity index (χ0n) is 17.7. The molecule has 2 heterocycles. The molecule has 1 aliphatic rings. The lowest BCUT2D eigenvalue weighted by Crippen LogP contribution is -2.47. The first-order chi connectivity index (χ1) is 14.0. The number of hydrogen-bond acceptors (Lipinski definition) is 7. The van der Waals surface area contributed by atoms with E-state index in [1.54, 1.807) is 13.4 Å². The molecular formula is C22H33N3O4. The summed E-state index contributed by atoms with van der Waals surface area (Å²) in [5.74, 6) is 2.27. The van der Waals surface area contributed by atoms with E-state index in [9.17, 15) is 5.11 Å². The highest BCUT2D eigenvalue weighted by atomic mass is 16.5. The van der Waals surface area contributed by atoms with Crippen molar-refractivity contribution in [2.24, 2.45) is 0 Å². The molecule has 0 amide bonds. The van der Waals surface area contributed by atoms with E-state index in [0.29, 0.717) is 18.0 Å². The van der Waals surface area contributed by atoms with Gasteiger partial charge in [-0.3, -0.25) is 9.80 Å². The summed E-state index contributed by atoms with van der Waals surface area (Å²) in [5.41, 5.74) is 1.11. The second-order valence-corrected chi connectivity index (χ2v) is 7.81. The first-order valence-corrected chi connectivity index (χ1v) is 10.1. The smallest absolute Gasteiger partial charge is 0.161 e. The highest BCUT2D eigenvalue weighted by molar-refractivity contribution is 5.43. The Labute approximate surface area is 173 Å². The monoisotopic (exact) mass is 403 g/mol. The van der Waals surface area contributed by atoms with Crippen LogP contribution in [0.4, 0.5) is 0 Å². The number of β-amino-alcohol motifs (C(OH)–C–C–N with tert-alkyl or cyclic N) is 1. The number of nitrogens with zero attached hydrogens (tertiary/aromatic N) is 3. The summed E-state index contributed by atoms with van der Waals surface area (Å²) >= 11 is 0. The summed E-state index contributed by atoms with van der Waals surface area (Å²) in [6.45, 7) is 6.40. The van der Waals surface area contributed by atoms with Crippen LogP contribution in [-0.4, -0.2) is 86.4 Å². The number of hydrogen-bond donors (Lipinski definition) is 1. The Kier molecular flexibility index (Phi) is 7.94. The number of furan rings is 1. The second-order valence-electron chi connectivity index (χ2n) is 7.81. The zero-order chi connectivity index (χ0) is 20.6. The third kappa shape index (κ3) is 6.75. The predicted octanol–water partition coefficient (Wildman–Crippen LogP) is 1.91. The van der Waals surface area contributed by atoms with Gasteiger partial charge in [0.05, 0.1) is 19.9 Å². The Morgan fingerprint density at radius 2 is 1.93 bits per heavy atom. The van der Waals surface area contributed by atoms with Gasteiger partial charge < -0.3 is 23.9 Å². The molecular weight excluding hydrogens is 370 g/mol. The molecule has 0 bridgehead atoms. The van der Waals surface area contributed by atoms with Gasteiger partial charge in [0.2, 0.25) is 0 Å². The molecule has 7 heteroatoms. The highest BCUT2D eigenvalue weighted by Crippen LogP contribution is 2.29. The van der Waals surface area contributed by atoms with Crippen molar-refractivity contribution in [3.63, 3.8) is 0 Å². The molecule has 160 valence electrons. The van der Waals surface area contributed by atoms with E-state index in [-0.39, 0.29) is 6.61 Å². The fourth-order valence-electron chi connectivity index (χ4n) is 3.54. The van der Waals surface area contributed by atoms with Crippen molar-refractivity contribution in [1.82, 2.24) is 14.7 Å². The molecule has 2 aromatic rings. The van der Waals surface area contributed by atoms with Gasteiger partial charge >= 0.3 is 0 Å². The van der Waals surface area contributed by atoms with Crippen LogP contribution in [0.2, 0.25) is 0 Å². The Balaban J connectivity index is 1.52. The minimum atomic E-state index is -0.534. The van der Waals surface area contributed by atoms with Crippen molar-refractivity contribution in [2.75, 3.05) is 60.5 Å². The lowest BCUT2D eigenvalue weighted by atomic mass is 10.2. The fraction of sp³-hybridized carbons (Fsp3) is 0.545. The van der Waals surface area contributed by atoms with E-state index in [1.165, 1.54) is 0 Å². The van der Waals surface area contributed by atoms with Crippen molar-refractivity contribution in [2.45, 2.75) is 19.2 Å². The molecule has 0 spiro atoms. The van der Waals surface area contributed by atoms with Gasteiger partial charge in [-0.05, 0) is 43.9 Å². The second kappa shape index (κ2) is 10.6. The Morgan fingerprint density at radius 3 is 2.62 bits per heavy atom. The Morgan fingerprint density at radius 1 is 1.14 bits per heavy atom. The quantitative estimate of drug-likeness (QED) is 0.650. The number of rotatable bonds is 10. The molecule has 0 radical (unpaired) electrons. The molecule has 1 aliphatic heterocycles. The lowest BCUT2D eigenvalue weighted by molar-refractivity contribution is 0.0497. The van der Waals surface area contributed by atoms with Crippen LogP contribution < -0.4 is 9.47 Å². The van der Waals surface area contributed by atoms with Crippen molar-refractivity contribution >= 4 is 0 Å². The fourth-order valence-corrected chi connectivity index (χ4v) is 3.54. The average Bonchev–Trinajstić information content (AvgIpc) is 3.21. The maximum atomic E-state index is 10.4. The van der Waals surface area contributed by atoms with Crippen LogP contribution in [0.5, 0.6) is 11.5 Å².